The van der Waals surface area contributed by atoms with Gasteiger partial charge in [-0.15, -0.1) is 10.2 Å². The number of benzene rings is 2. The van der Waals surface area contributed by atoms with Gasteiger partial charge in [0.15, 0.2) is 4.34 Å². The number of hydrogen-bond donors (Lipinski definition) is 2. The SMILES string of the molecule is O=C(NC1CC1)[C@H](Sc1nnc(Nc2ccccc2)s1)c1ccc(F)cc1. The van der Waals surface area contributed by atoms with Crippen molar-refractivity contribution < 1.29 is 9.18 Å². The van der Waals surface area contributed by atoms with Crippen LogP contribution >= 0.6 is 23.1 Å². The average Bonchev–Trinajstić information content (AvgIpc) is 3.38. The molecule has 8 heteroatoms. The van der Waals surface area contributed by atoms with E-state index in [1.54, 1.807) is 12.1 Å². The van der Waals surface area contributed by atoms with E-state index in [-0.39, 0.29) is 17.8 Å². The van der Waals surface area contributed by atoms with Crippen molar-refractivity contribution in [2.45, 2.75) is 28.5 Å². The molecule has 27 heavy (non-hydrogen) atoms. The summed E-state index contributed by atoms with van der Waals surface area (Å²) in [5.74, 6) is -0.405. The summed E-state index contributed by atoms with van der Waals surface area (Å²) in [6.07, 6.45) is 2.02. The van der Waals surface area contributed by atoms with Crippen molar-refractivity contribution in [3.8, 4) is 0 Å². The Morgan fingerprint density at radius 3 is 2.56 bits per heavy atom. The smallest absolute Gasteiger partial charge is 0.238 e. The van der Waals surface area contributed by atoms with Gasteiger partial charge in [0.05, 0.1) is 0 Å². The molecule has 0 aliphatic heterocycles. The highest BCUT2D eigenvalue weighted by Crippen LogP contribution is 2.39. The maximum Gasteiger partial charge on any atom is 0.238 e. The van der Waals surface area contributed by atoms with E-state index in [0.29, 0.717) is 9.47 Å². The predicted octanol–water partition coefficient (Wildman–Crippen LogP) is 4.53. The molecular weight excluding hydrogens is 383 g/mol. The Balaban J connectivity index is 1.50. The highest BCUT2D eigenvalue weighted by Gasteiger charge is 2.30. The predicted molar refractivity (Wildman–Crippen MR) is 106 cm³/mol. The van der Waals surface area contributed by atoms with Crippen LogP contribution in [0.3, 0.4) is 0 Å². The molecule has 138 valence electrons. The van der Waals surface area contributed by atoms with Gasteiger partial charge in [-0.05, 0) is 42.7 Å². The summed E-state index contributed by atoms with van der Waals surface area (Å²) >= 11 is 2.71. The lowest BCUT2D eigenvalue weighted by atomic mass is 10.1. The van der Waals surface area contributed by atoms with E-state index in [2.05, 4.69) is 20.8 Å². The number of thioether (sulfide) groups is 1. The molecule has 3 aromatic rings. The van der Waals surface area contributed by atoms with Gasteiger partial charge in [0.1, 0.15) is 11.1 Å². The number of hydrogen-bond acceptors (Lipinski definition) is 6. The van der Waals surface area contributed by atoms with E-state index in [0.717, 1.165) is 24.1 Å². The summed E-state index contributed by atoms with van der Waals surface area (Å²) in [6, 6.07) is 16.0. The van der Waals surface area contributed by atoms with E-state index in [1.165, 1.54) is 35.2 Å². The molecule has 1 amide bonds. The lowest BCUT2D eigenvalue weighted by Gasteiger charge is -2.15. The summed E-state index contributed by atoms with van der Waals surface area (Å²) in [5.41, 5.74) is 1.67. The fraction of sp³-hybridized carbons (Fsp3) is 0.211. The fourth-order valence-electron chi connectivity index (χ4n) is 2.47. The van der Waals surface area contributed by atoms with Crippen LogP contribution in [0.15, 0.2) is 58.9 Å². The van der Waals surface area contributed by atoms with Gasteiger partial charge >= 0.3 is 0 Å². The van der Waals surface area contributed by atoms with Crippen molar-refractivity contribution in [2.75, 3.05) is 5.32 Å². The average molecular weight is 401 g/mol. The number of nitrogens with zero attached hydrogens (tertiary/aromatic N) is 2. The van der Waals surface area contributed by atoms with Crippen molar-refractivity contribution in [2.24, 2.45) is 0 Å². The van der Waals surface area contributed by atoms with Crippen molar-refractivity contribution in [3.63, 3.8) is 0 Å². The first kappa shape index (κ1) is 17.9. The Morgan fingerprint density at radius 1 is 1.11 bits per heavy atom. The van der Waals surface area contributed by atoms with Crippen LogP contribution in [0.1, 0.15) is 23.7 Å². The molecule has 1 heterocycles. The van der Waals surface area contributed by atoms with E-state index < -0.39 is 5.25 Å². The maximum absolute atomic E-state index is 13.3. The second-order valence-electron chi connectivity index (χ2n) is 6.20. The molecule has 0 spiro atoms. The first-order valence-electron chi connectivity index (χ1n) is 8.55. The minimum atomic E-state index is -0.497. The third-order valence-corrected chi connectivity index (χ3v) is 6.16. The van der Waals surface area contributed by atoms with Crippen LogP contribution in [0.2, 0.25) is 0 Å². The Hall–Kier alpha value is -2.45. The molecule has 1 aliphatic rings. The second kappa shape index (κ2) is 8.06. The first-order valence-corrected chi connectivity index (χ1v) is 10.2. The summed E-state index contributed by atoms with van der Waals surface area (Å²) in [7, 11) is 0. The summed E-state index contributed by atoms with van der Waals surface area (Å²) < 4.78 is 13.9. The molecule has 0 unspecified atom stereocenters. The van der Waals surface area contributed by atoms with Gasteiger partial charge in [-0.2, -0.15) is 0 Å². The molecular formula is C19H17FN4OS2. The van der Waals surface area contributed by atoms with E-state index in [9.17, 15) is 9.18 Å². The zero-order valence-electron chi connectivity index (χ0n) is 14.3. The molecule has 0 bridgehead atoms. The molecule has 1 fully saturated rings. The van der Waals surface area contributed by atoms with E-state index in [1.807, 2.05) is 30.3 Å². The normalized spacial score (nSPS) is 14.6. The molecule has 1 atom stereocenters. The second-order valence-corrected chi connectivity index (χ2v) is 8.53. The molecule has 1 saturated carbocycles. The number of carbonyl (C=O) groups excluding carboxylic acids is 1. The Bertz CT molecular complexity index is 913. The lowest BCUT2D eigenvalue weighted by Crippen LogP contribution is -2.29. The van der Waals surface area contributed by atoms with E-state index >= 15 is 0 Å². The van der Waals surface area contributed by atoms with Crippen LogP contribution in [0.4, 0.5) is 15.2 Å². The van der Waals surface area contributed by atoms with Crippen LogP contribution in [0.5, 0.6) is 0 Å². The maximum atomic E-state index is 13.3. The van der Waals surface area contributed by atoms with Gasteiger partial charge < -0.3 is 10.6 Å². The van der Waals surface area contributed by atoms with Crippen LogP contribution in [-0.2, 0) is 4.79 Å². The Kier molecular flexibility index (Phi) is 5.35. The van der Waals surface area contributed by atoms with Gasteiger partial charge in [0, 0.05) is 11.7 Å². The lowest BCUT2D eigenvalue weighted by molar-refractivity contribution is -0.120. The highest BCUT2D eigenvalue weighted by molar-refractivity contribution is 8.01. The standard InChI is InChI=1S/C19H17FN4OS2/c20-13-8-6-12(7-9-13)16(17(25)21-15-10-11-15)26-19-24-23-18(27-19)22-14-4-2-1-3-5-14/h1-9,15-16H,10-11H2,(H,21,25)(H,22,23)/t16-/m1/s1. The van der Waals surface area contributed by atoms with Gasteiger partial charge in [0.25, 0.3) is 0 Å². The molecule has 0 saturated heterocycles. The number of carbonyl (C=O) groups is 1. The molecule has 2 aromatic carbocycles. The van der Waals surface area contributed by atoms with Crippen molar-refractivity contribution in [1.29, 1.82) is 0 Å². The number of rotatable bonds is 7. The van der Waals surface area contributed by atoms with Gasteiger partial charge in [-0.3, -0.25) is 4.79 Å². The minimum absolute atomic E-state index is 0.0816. The van der Waals surface area contributed by atoms with Crippen LogP contribution in [0, 0.1) is 5.82 Å². The molecule has 0 radical (unpaired) electrons. The third kappa shape index (κ3) is 4.84. The van der Waals surface area contributed by atoms with Gasteiger partial charge in [-0.25, -0.2) is 4.39 Å². The van der Waals surface area contributed by atoms with Gasteiger partial charge in [0.2, 0.25) is 11.0 Å². The van der Waals surface area contributed by atoms with Crippen LogP contribution in [0.25, 0.3) is 0 Å². The van der Waals surface area contributed by atoms with Crippen molar-refractivity contribution >= 4 is 39.8 Å². The van der Waals surface area contributed by atoms with Crippen molar-refractivity contribution in [3.05, 3.63) is 66.0 Å². The monoisotopic (exact) mass is 400 g/mol. The Labute approximate surface area is 164 Å². The summed E-state index contributed by atoms with van der Waals surface area (Å²) in [5, 5.41) is 14.7. The van der Waals surface area contributed by atoms with Gasteiger partial charge in [-0.1, -0.05) is 53.4 Å². The quantitative estimate of drug-likeness (QED) is 0.570. The number of amides is 1. The van der Waals surface area contributed by atoms with E-state index in [4.69, 9.17) is 0 Å². The number of aromatic nitrogens is 2. The van der Waals surface area contributed by atoms with Crippen LogP contribution in [-0.4, -0.2) is 22.1 Å². The number of anilines is 2. The summed E-state index contributed by atoms with van der Waals surface area (Å²) in [6.45, 7) is 0. The first-order chi connectivity index (χ1) is 13.2. The molecule has 5 nitrogen and oxygen atoms in total. The van der Waals surface area contributed by atoms with Crippen molar-refractivity contribution in [1.82, 2.24) is 15.5 Å². The topological polar surface area (TPSA) is 66.9 Å². The molecule has 4 rings (SSSR count). The number of para-hydroxylation sites is 1. The molecule has 2 N–H and O–H groups in total. The minimum Gasteiger partial charge on any atom is -0.352 e. The highest BCUT2D eigenvalue weighted by atomic mass is 32.2. The number of halogens is 1. The van der Waals surface area contributed by atoms with Crippen LogP contribution < -0.4 is 10.6 Å². The Morgan fingerprint density at radius 2 is 1.85 bits per heavy atom. The largest absolute Gasteiger partial charge is 0.352 e. The molecule has 1 aliphatic carbocycles. The number of nitrogens with one attached hydrogen (secondary N) is 2. The summed E-state index contributed by atoms with van der Waals surface area (Å²) in [4.78, 5) is 12.7. The molecule has 1 aromatic heterocycles. The fourth-order valence-corrected chi connectivity index (χ4v) is 4.44. The third-order valence-electron chi connectivity index (χ3n) is 3.98. The zero-order chi connectivity index (χ0) is 18.6. The zero-order valence-corrected chi connectivity index (χ0v) is 15.9.